The molecule has 156 valence electrons. The van der Waals surface area contributed by atoms with E-state index in [1.54, 1.807) is 10.9 Å². The lowest BCUT2D eigenvalue weighted by Gasteiger charge is -2.18. The maximum atomic E-state index is 13.0. The minimum absolute atomic E-state index is 0.0924. The molecule has 5 nitrogen and oxygen atoms in total. The summed E-state index contributed by atoms with van der Waals surface area (Å²) in [4.78, 5) is 13.0. The van der Waals surface area contributed by atoms with Crippen LogP contribution in [0.4, 0.5) is 0 Å². The fourth-order valence-electron chi connectivity index (χ4n) is 3.39. The molecule has 5 heteroatoms. The third-order valence-electron chi connectivity index (χ3n) is 5.02. The summed E-state index contributed by atoms with van der Waals surface area (Å²) in [7, 11) is 0. The summed E-state index contributed by atoms with van der Waals surface area (Å²) in [5.74, 6) is -0.0924. The molecule has 0 aliphatic rings. The van der Waals surface area contributed by atoms with Crippen LogP contribution >= 0.6 is 0 Å². The maximum Gasteiger partial charge on any atom is 0.249 e. The van der Waals surface area contributed by atoms with Crippen LogP contribution < -0.4 is 5.32 Å². The second-order valence-electron chi connectivity index (χ2n) is 7.31. The number of ether oxygens (including phenoxy) is 1. The van der Waals surface area contributed by atoms with Gasteiger partial charge in [0, 0.05) is 18.9 Å². The molecular weight excluding hydrogens is 386 g/mol. The molecule has 0 radical (unpaired) electrons. The molecular formula is C26H25N3O2. The highest BCUT2D eigenvalue weighted by atomic mass is 16.5. The average molecular weight is 412 g/mol. The Labute approximate surface area is 182 Å². The fraction of sp³-hybridized carbons (Fsp3) is 0.154. The first-order valence-electron chi connectivity index (χ1n) is 10.3. The molecule has 0 aliphatic heterocycles. The Morgan fingerprint density at radius 3 is 2.06 bits per heavy atom. The standard InChI is InChI=1S/C26H25N3O2/c30-26(25(29-17-7-16-28-29)24-10-5-2-6-11-24)27-18-21-12-14-23(15-13-21)20-31-19-22-8-3-1-4-9-22/h1-17,25H,18-20H2,(H,27,30). The minimum Gasteiger partial charge on any atom is -0.372 e. The Balaban J connectivity index is 1.32. The van der Waals surface area contributed by atoms with E-state index >= 15 is 0 Å². The first kappa shape index (κ1) is 20.6. The molecule has 0 spiro atoms. The van der Waals surface area contributed by atoms with Crippen LogP contribution in [0.5, 0.6) is 0 Å². The van der Waals surface area contributed by atoms with E-state index in [9.17, 15) is 4.79 Å². The number of nitrogens with zero attached hydrogens (tertiary/aromatic N) is 2. The zero-order valence-electron chi connectivity index (χ0n) is 17.2. The summed E-state index contributed by atoms with van der Waals surface area (Å²) >= 11 is 0. The summed E-state index contributed by atoms with van der Waals surface area (Å²) in [6.07, 6.45) is 3.49. The van der Waals surface area contributed by atoms with E-state index in [2.05, 4.69) is 22.5 Å². The molecule has 0 aliphatic carbocycles. The van der Waals surface area contributed by atoms with E-state index in [0.717, 1.165) is 22.3 Å². The summed E-state index contributed by atoms with van der Waals surface area (Å²) in [6.45, 7) is 1.60. The number of amides is 1. The van der Waals surface area contributed by atoms with E-state index in [4.69, 9.17) is 4.74 Å². The molecule has 1 unspecified atom stereocenters. The third kappa shape index (κ3) is 5.68. The van der Waals surface area contributed by atoms with Crippen LogP contribution in [0.2, 0.25) is 0 Å². The Morgan fingerprint density at radius 2 is 1.42 bits per heavy atom. The Hall–Kier alpha value is -3.70. The summed E-state index contributed by atoms with van der Waals surface area (Å²) in [5, 5.41) is 7.31. The van der Waals surface area contributed by atoms with Gasteiger partial charge in [-0.05, 0) is 28.3 Å². The molecule has 1 atom stereocenters. The van der Waals surface area contributed by atoms with Crippen molar-refractivity contribution < 1.29 is 9.53 Å². The van der Waals surface area contributed by atoms with Gasteiger partial charge in [-0.15, -0.1) is 0 Å². The number of rotatable bonds is 9. The van der Waals surface area contributed by atoms with Crippen LogP contribution in [-0.2, 0) is 29.3 Å². The van der Waals surface area contributed by atoms with Gasteiger partial charge in [-0.1, -0.05) is 84.9 Å². The van der Waals surface area contributed by atoms with Crippen LogP contribution in [0.15, 0.2) is 103 Å². The van der Waals surface area contributed by atoms with Crippen molar-refractivity contribution in [3.63, 3.8) is 0 Å². The SMILES string of the molecule is O=C(NCc1ccc(COCc2ccccc2)cc1)C(c1ccccc1)n1cccn1. The van der Waals surface area contributed by atoms with Crippen LogP contribution in [0.1, 0.15) is 28.3 Å². The molecule has 0 fully saturated rings. The van der Waals surface area contributed by atoms with E-state index < -0.39 is 6.04 Å². The van der Waals surface area contributed by atoms with Gasteiger partial charge in [0.25, 0.3) is 0 Å². The van der Waals surface area contributed by atoms with Crippen LogP contribution in [0.3, 0.4) is 0 Å². The Morgan fingerprint density at radius 1 is 0.806 bits per heavy atom. The number of hydrogen-bond donors (Lipinski definition) is 1. The molecule has 4 aromatic rings. The Kier molecular flexibility index (Phi) is 6.88. The largest absolute Gasteiger partial charge is 0.372 e. The zero-order valence-corrected chi connectivity index (χ0v) is 17.2. The molecule has 31 heavy (non-hydrogen) atoms. The first-order valence-corrected chi connectivity index (χ1v) is 10.3. The van der Waals surface area contributed by atoms with Crippen LogP contribution in [0.25, 0.3) is 0 Å². The van der Waals surface area contributed by atoms with Gasteiger partial charge < -0.3 is 10.1 Å². The topological polar surface area (TPSA) is 56.1 Å². The molecule has 0 saturated carbocycles. The highest BCUT2D eigenvalue weighted by molar-refractivity contribution is 5.83. The number of nitrogens with one attached hydrogen (secondary N) is 1. The quantitative estimate of drug-likeness (QED) is 0.441. The van der Waals surface area contributed by atoms with Gasteiger partial charge in [0.2, 0.25) is 5.91 Å². The lowest BCUT2D eigenvalue weighted by atomic mass is 10.1. The van der Waals surface area contributed by atoms with Crippen molar-refractivity contribution >= 4 is 5.91 Å². The number of carbonyl (C=O) groups is 1. The normalized spacial score (nSPS) is 11.7. The predicted octanol–water partition coefficient (Wildman–Crippen LogP) is 4.51. The smallest absolute Gasteiger partial charge is 0.249 e. The van der Waals surface area contributed by atoms with Crippen molar-refractivity contribution in [3.8, 4) is 0 Å². The minimum atomic E-state index is -0.498. The summed E-state index contributed by atoms with van der Waals surface area (Å²) in [5.41, 5.74) is 4.19. The molecule has 4 rings (SSSR count). The van der Waals surface area contributed by atoms with E-state index in [-0.39, 0.29) is 5.91 Å². The summed E-state index contributed by atoms with van der Waals surface area (Å²) in [6, 6.07) is 29.2. The number of carbonyl (C=O) groups excluding carboxylic acids is 1. The molecule has 1 aromatic heterocycles. The molecule has 1 heterocycles. The van der Waals surface area contributed by atoms with Crippen molar-refractivity contribution in [3.05, 3.63) is 126 Å². The van der Waals surface area contributed by atoms with Gasteiger partial charge in [-0.2, -0.15) is 5.10 Å². The zero-order chi connectivity index (χ0) is 21.3. The van der Waals surface area contributed by atoms with Gasteiger partial charge in [0.15, 0.2) is 6.04 Å². The second kappa shape index (κ2) is 10.4. The van der Waals surface area contributed by atoms with Gasteiger partial charge in [-0.25, -0.2) is 0 Å². The molecule has 1 amide bonds. The van der Waals surface area contributed by atoms with Crippen molar-refractivity contribution in [1.82, 2.24) is 15.1 Å². The highest BCUT2D eigenvalue weighted by Gasteiger charge is 2.22. The van der Waals surface area contributed by atoms with Crippen LogP contribution in [-0.4, -0.2) is 15.7 Å². The van der Waals surface area contributed by atoms with Gasteiger partial charge in [0.05, 0.1) is 13.2 Å². The lowest BCUT2D eigenvalue weighted by molar-refractivity contribution is -0.123. The van der Waals surface area contributed by atoms with Crippen molar-refractivity contribution in [2.24, 2.45) is 0 Å². The predicted molar refractivity (Wildman–Crippen MR) is 120 cm³/mol. The van der Waals surface area contributed by atoms with Crippen molar-refractivity contribution in [2.45, 2.75) is 25.8 Å². The Bertz CT molecular complexity index is 1060. The molecule has 0 saturated heterocycles. The molecule has 3 aromatic carbocycles. The van der Waals surface area contributed by atoms with E-state index in [1.807, 2.05) is 85.1 Å². The van der Waals surface area contributed by atoms with E-state index in [0.29, 0.717) is 19.8 Å². The second-order valence-corrected chi connectivity index (χ2v) is 7.31. The maximum absolute atomic E-state index is 13.0. The average Bonchev–Trinajstić information content (AvgIpc) is 3.34. The fourth-order valence-corrected chi connectivity index (χ4v) is 3.39. The third-order valence-corrected chi connectivity index (χ3v) is 5.02. The van der Waals surface area contributed by atoms with Gasteiger partial charge >= 0.3 is 0 Å². The van der Waals surface area contributed by atoms with Crippen LogP contribution in [0, 0.1) is 0 Å². The molecule has 0 bridgehead atoms. The monoisotopic (exact) mass is 411 g/mol. The number of benzene rings is 3. The number of hydrogen-bond acceptors (Lipinski definition) is 3. The molecule has 1 N–H and O–H groups in total. The lowest BCUT2D eigenvalue weighted by Crippen LogP contribution is -2.33. The first-order chi connectivity index (χ1) is 15.3. The highest BCUT2D eigenvalue weighted by Crippen LogP contribution is 2.18. The van der Waals surface area contributed by atoms with Gasteiger partial charge in [-0.3, -0.25) is 9.48 Å². The van der Waals surface area contributed by atoms with Gasteiger partial charge in [0.1, 0.15) is 0 Å². The van der Waals surface area contributed by atoms with Crippen molar-refractivity contribution in [2.75, 3.05) is 0 Å². The number of aromatic nitrogens is 2. The van der Waals surface area contributed by atoms with Crippen molar-refractivity contribution in [1.29, 1.82) is 0 Å². The van der Waals surface area contributed by atoms with E-state index in [1.165, 1.54) is 0 Å². The summed E-state index contributed by atoms with van der Waals surface area (Å²) < 4.78 is 7.46.